The summed E-state index contributed by atoms with van der Waals surface area (Å²) in [6.45, 7) is 7.49. The van der Waals surface area contributed by atoms with Crippen LogP contribution in [0.15, 0.2) is 0 Å². The highest BCUT2D eigenvalue weighted by atomic mass is 16.1. The zero-order chi connectivity index (χ0) is 18.2. The van der Waals surface area contributed by atoms with Crippen molar-refractivity contribution in [3.8, 4) is 0 Å². The molecule has 0 unspecified atom stereocenters. The molecule has 0 aromatic rings. The number of carbonyl (C=O) groups excluding carboxylic acids is 2. The fourth-order valence-corrected chi connectivity index (χ4v) is 2.09. The standard InChI is InChI=1S/C15H32.C3H7NO.C2H4O/c1-3-5-7-9-11-13-15-14-12-10-8-6-4-2;1-3(5)4-2;1-2-3/h3-15H2,1-2H3;1-2H3,(H,4,5);2H,1H3. The van der Waals surface area contributed by atoms with E-state index in [0.29, 0.717) is 0 Å². The Kier molecular flexibility index (Phi) is 34.3. The lowest BCUT2D eigenvalue weighted by Crippen LogP contribution is -2.11. The van der Waals surface area contributed by atoms with Crippen LogP contribution in [0.2, 0.25) is 0 Å². The Labute approximate surface area is 146 Å². The third-order valence-corrected chi connectivity index (χ3v) is 3.56. The second-order valence-electron chi connectivity index (χ2n) is 5.93. The van der Waals surface area contributed by atoms with E-state index in [-0.39, 0.29) is 5.91 Å². The molecule has 1 amide bonds. The average molecular weight is 330 g/mol. The molecule has 0 aliphatic carbocycles. The average Bonchev–Trinajstić information content (AvgIpc) is 2.54. The summed E-state index contributed by atoms with van der Waals surface area (Å²) in [4.78, 5) is 18.5. The first-order valence-electron chi connectivity index (χ1n) is 9.68. The van der Waals surface area contributed by atoms with E-state index in [2.05, 4.69) is 19.2 Å². The number of amides is 1. The van der Waals surface area contributed by atoms with Gasteiger partial charge in [-0.05, 0) is 6.92 Å². The Morgan fingerprint density at radius 1 is 0.739 bits per heavy atom. The fourth-order valence-electron chi connectivity index (χ4n) is 2.09. The van der Waals surface area contributed by atoms with Gasteiger partial charge in [-0.1, -0.05) is 97.3 Å². The van der Waals surface area contributed by atoms with Gasteiger partial charge in [-0.25, -0.2) is 0 Å². The maximum absolute atomic E-state index is 9.70. The van der Waals surface area contributed by atoms with Gasteiger partial charge >= 0.3 is 0 Å². The molecule has 0 rings (SSSR count). The summed E-state index contributed by atoms with van der Waals surface area (Å²) < 4.78 is 0. The lowest BCUT2D eigenvalue weighted by molar-refractivity contribution is -0.118. The van der Waals surface area contributed by atoms with Crippen molar-refractivity contribution in [1.82, 2.24) is 5.32 Å². The van der Waals surface area contributed by atoms with Crippen LogP contribution < -0.4 is 5.32 Å². The maximum atomic E-state index is 9.70. The molecule has 0 atom stereocenters. The summed E-state index contributed by atoms with van der Waals surface area (Å²) in [7, 11) is 1.60. The van der Waals surface area contributed by atoms with Gasteiger partial charge in [0.2, 0.25) is 5.91 Å². The molecule has 0 fully saturated rings. The second-order valence-corrected chi connectivity index (χ2v) is 5.93. The minimum absolute atomic E-state index is 0.00463. The van der Waals surface area contributed by atoms with Gasteiger partial charge in [-0.2, -0.15) is 0 Å². The van der Waals surface area contributed by atoms with Crippen molar-refractivity contribution < 1.29 is 9.59 Å². The molecule has 3 nitrogen and oxygen atoms in total. The molecule has 0 aliphatic heterocycles. The molecule has 0 aromatic carbocycles. The second kappa shape index (κ2) is 29.2. The van der Waals surface area contributed by atoms with Gasteiger partial charge in [-0.15, -0.1) is 0 Å². The van der Waals surface area contributed by atoms with Crippen molar-refractivity contribution >= 4 is 12.2 Å². The van der Waals surface area contributed by atoms with Gasteiger partial charge < -0.3 is 10.1 Å². The lowest BCUT2D eigenvalue weighted by Gasteiger charge is -2.01. The number of aldehydes is 1. The summed E-state index contributed by atoms with van der Waals surface area (Å²) in [6.07, 6.45) is 19.7. The van der Waals surface area contributed by atoms with Gasteiger partial charge in [0.1, 0.15) is 6.29 Å². The van der Waals surface area contributed by atoms with Crippen molar-refractivity contribution in [2.75, 3.05) is 7.05 Å². The molecule has 0 saturated carbocycles. The van der Waals surface area contributed by atoms with Crippen molar-refractivity contribution in [2.24, 2.45) is 0 Å². The zero-order valence-electron chi connectivity index (χ0n) is 16.6. The molecule has 140 valence electrons. The number of carbonyl (C=O) groups is 2. The van der Waals surface area contributed by atoms with E-state index in [1.807, 2.05) is 0 Å². The molecule has 0 bridgehead atoms. The Hall–Kier alpha value is -0.860. The van der Waals surface area contributed by atoms with Gasteiger partial charge in [0.15, 0.2) is 0 Å². The van der Waals surface area contributed by atoms with Crippen LogP contribution in [0.5, 0.6) is 0 Å². The number of rotatable bonds is 12. The molecular formula is C20H43NO2. The molecule has 0 saturated heterocycles. The van der Waals surface area contributed by atoms with Gasteiger partial charge in [-0.3, -0.25) is 4.79 Å². The summed E-state index contributed by atoms with van der Waals surface area (Å²) in [6, 6.07) is 0. The van der Waals surface area contributed by atoms with Gasteiger partial charge in [0, 0.05) is 14.0 Å². The molecule has 0 aromatic heterocycles. The predicted molar refractivity (Wildman–Crippen MR) is 103 cm³/mol. The first-order valence-corrected chi connectivity index (χ1v) is 9.68. The number of hydrogen-bond acceptors (Lipinski definition) is 2. The fraction of sp³-hybridized carbons (Fsp3) is 0.900. The molecular weight excluding hydrogens is 286 g/mol. The normalized spacial score (nSPS) is 9.09. The summed E-state index contributed by atoms with van der Waals surface area (Å²) in [5.41, 5.74) is 0. The van der Waals surface area contributed by atoms with Crippen LogP contribution in [0, 0.1) is 0 Å². The molecule has 0 aliphatic rings. The highest BCUT2D eigenvalue weighted by Crippen LogP contribution is 2.12. The lowest BCUT2D eigenvalue weighted by atomic mass is 10.1. The van der Waals surface area contributed by atoms with Crippen molar-refractivity contribution in [2.45, 2.75) is 111 Å². The zero-order valence-corrected chi connectivity index (χ0v) is 16.6. The minimum atomic E-state index is 0.00463. The van der Waals surface area contributed by atoms with Crippen LogP contribution in [0.25, 0.3) is 0 Å². The van der Waals surface area contributed by atoms with Crippen LogP contribution in [-0.2, 0) is 9.59 Å². The van der Waals surface area contributed by atoms with Crippen LogP contribution in [0.1, 0.15) is 111 Å². The minimum Gasteiger partial charge on any atom is -0.359 e. The Balaban J connectivity index is -0.000000414. The SMILES string of the molecule is CC=O.CCCCCCCCCCCCCCC.CNC(C)=O. The summed E-state index contributed by atoms with van der Waals surface area (Å²) in [5.74, 6) is 0.00463. The van der Waals surface area contributed by atoms with E-state index < -0.39 is 0 Å². The third-order valence-electron chi connectivity index (χ3n) is 3.56. The smallest absolute Gasteiger partial charge is 0.216 e. The molecule has 3 heteroatoms. The Bertz CT molecular complexity index is 206. The van der Waals surface area contributed by atoms with Crippen LogP contribution >= 0.6 is 0 Å². The summed E-state index contributed by atoms with van der Waals surface area (Å²) >= 11 is 0. The van der Waals surface area contributed by atoms with E-state index in [1.54, 1.807) is 7.05 Å². The highest BCUT2D eigenvalue weighted by Gasteiger charge is 1.92. The molecule has 0 radical (unpaired) electrons. The topological polar surface area (TPSA) is 46.2 Å². The van der Waals surface area contributed by atoms with Crippen molar-refractivity contribution in [3.63, 3.8) is 0 Å². The predicted octanol–water partition coefficient (Wildman–Crippen LogP) is 6.06. The van der Waals surface area contributed by atoms with Gasteiger partial charge in [0.25, 0.3) is 0 Å². The largest absolute Gasteiger partial charge is 0.359 e. The third kappa shape index (κ3) is 44.9. The van der Waals surface area contributed by atoms with Crippen LogP contribution in [0.3, 0.4) is 0 Å². The molecule has 23 heavy (non-hydrogen) atoms. The maximum Gasteiger partial charge on any atom is 0.216 e. The first-order chi connectivity index (χ1) is 11.1. The van der Waals surface area contributed by atoms with Crippen molar-refractivity contribution in [1.29, 1.82) is 0 Å². The van der Waals surface area contributed by atoms with Crippen molar-refractivity contribution in [3.05, 3.63) is 0 Å². The van der Waals surface area contributed by atoms with Crippen LogP contribution in [-0.4, -0.2) is 19.2 Å². The quantitative estimate of drug-likeness (QED) is 0.349. The Morgan fingerprint density at radius 3 is 1.04 bits per heavy atom. The highest BCUT2D eigenvalue weighted by molar-refractivity contribution is 5.72. The van der Waals surface area contributed by atoms with E-state index in [4.69, 9.17) is 4.79 Å². The molecule has 0 spiro atoms. The van der Waals surface area contributed by atoms with E-state index in [0.717, 1.165) is 6.29 Å². The van der Waals surface area contributed by atoms with E-state index in [9.17, 15) is 4.79 Å². The van der Waals surface area contributed by atoms with Gasteiger partial charge in [0.05, 0.1) is 0 Å². The molecule has 1 N–H and O–H groups in total. The van der Waals surface area contributed by atoms with E-state index >= 15 is 0 Å². The number of hydrogen-bond donors (Lipinski definition) is 1. The first kappa shape index (κ1) is 27.0. The Morgan fingerprint density at radius 2 is 0.913 bits per heavy atom. The number of unbranched alkanes of at least 4 members (excludes halogenated alkanes) is 12. The van der Waals surface area contributed by atoms with Crippen LogP contribution in [0.4, 0.5) is 0 Å². The van der Waals surface area contributed by atoms with E-state index in [1.165, 1.54) is 97.3 Å². The molecule has 0 heterocycles. The monoisotopic (exact) mass is 329 g/mol. The summed E-state index contributed by atoms with van der Waals surface area (Å²) in [5, 5.41) is 2.39. The number of nitrogens with one attached hydrogen (secondary N) is 1.